The SMILES string of the molecule is CC(C)c1cnn2c(NCc3ccccc3)cc(NCCO)nc12. The smallest absolute Gasteiger partial charge is 0.163 e. The van der Waals surface area contributed by atoms with Crippen LogP contribution in [0.2, 0.25) is 0 Å². The average Bonchev–Trinajstić information content (AvgIpc) is 3.03. The second-order valence-electron chi connectivity index (χ2n) is 6.01. The van der Waals surface area contributed by atoms with Gasteiger partial charge >= 0.3 is 0 Å². The predicted octanol–water partition coefficient (Wildman–Crippen LogP) is 2.87. The van der Waals surface area contributed by atoms with E-state index in [0.717, 1.165) is 22.8 Å². The van der Waals surface area contributed by atoms with Gasteiger partial charge in [-0.2, -0.15) is 9.61 Å². The number of nitrogens with one attached hydrogen (secondary N) is 2. The Kier molecular flexibility index (Phi) is 4.96. The first-order valence-electron chi connectivity index (χ1n) is 8.20. The lowest BCUT2D eigenvalue weighted by atomic mass is 10.1. The Morgan fingerprint density at radius 1 is 1.17 bits per heavy atom. The summed E-state index contributed by atoms with van der Waals surface area (Å²) in [5.41, 5.74) is 3.14. The first-order chi connectivity index (χ1) is 11.7. The number of nitrogens with zero attached hydrogens (tertiary/aromatic N) is 3. The molecule has 0 fully saturated rings. The van der Waals surface area contributed by atoms with Gasteiger partial charge in [0.25, 0.3) is 0 Å². The molecule has 0 amide bonds. The Balaban J connectivity index is 1.94. The molecule has 0 unspecified atom stereocenters. The van der Waals surface area contributed by atoms with Crippen LogP contribution in [0.3, 0.4) is 0 Å². The second kappa shape index (κ2) is 7.31. The second-order valence-corrected chi connectivity index (χ2v) is 6.01. The van der Waals surface area contributed by atoms with Crippen LogP contribution in [0.5, 0.6) is 0 Å². The van der Waals surface area contributed by atoms with Gasteiger partial charge < -0.3 is 15.7 Å². The summed E-state index contributed by atoms with van der Waals surface area (Å²) in [7, 11) is 0. The normalized spacial score (nSPS) is 11.2. The third-order valence-electron chi connectivity index (χ3n) is 3.86. The van der Waals surface area contributed by atoms with Crippen molar-refractivity contribution in [2.24, 2.45) is 0 Å². The van der Waals surface area contributed by atoms with Crippen LogP contribution in [-0.4, -0.2) is 32.9 Å². The van der Waals surface area contributed by atoms with E-state index in [-0.39, 0.29) is 6.61 Å². The molecule has 24 heavy (non-hydrogen) atoms. The third kappa shape index (κ3) is 3.49. The van der Waals surface area contributed by atoms with Crippen molar-refractivity contribution in [1.82, 2.24) is 14.6 Å². The first-order valence-corrected chi connectivity index (χ1v) is 8.20. The number of fused-ring (bicyclic) bond motifs is 1. The summed E-state index contributed by atoms with van der Waals surface area (Å²) in [5, 5.41) is 20.1. The van der Waals surface area contributed by atoms with Crippen LogP contribution in [0.1, 0.15) is 30.9 Å². The lowest BCUT2D eigenvalue weighted by Gasteiger charge is -2.12. The van der Waals surface area contributed by atoms with Crippen LogP contribution in [0, 0.1) is 0 Å². The molecule has 126 valence electrons. The molecule has 1 aromatic carbocycles. The molecule has 2 aromatic heterocycles. The van der Waals surface area contributed by atoms with Gasteiger partial charge in [0.15, 0.2) is 5.65 Å². The van der Waals surface area contributed by atoms with E-state index in [9.17, 15) is 0 Å². The van der Waals surface area contributed by atoms with Crippen molar-refractivity contribution < 1.29 is 5.11 Å². The molecule has 0 radical (unpaired) electrons. The highest BCUT2D eigenvalue weighted by Crippen LogP contribution is 2.24. The van der Waals surface area contributed by atoms with Crippen LogP contribution in [-0.2, 0) is 6.54 Å². The maximum absolute atomic E-state index is 9.04. The summed E-state index contributed by atoms with van der Waals surface area (Å²) in [6.07, 6.45) is 1.87. The van der Waals surface area contributed by atoms with Gasteiger partial charge in [0.05, 0.1) is 12.8 Å². The van der Waals surface area contributed by atoms with E-state index in [1.54, 1.807) is 0 Å². The van der Waals surface area contributed by atoms with E-state index in [1.807, 2.05) is 35.0 Å². The largest absolute Gasteiger partial charge is 0.395 e. The number of anilines is 2. The fourth-order valence-corrected chi connectivity index (χ4v) is 2.58. The topological polar surface area (TPSA) is 74.5 Å². The highest BCUT2D eigenvalue weighted by molar-refractivity contribution is 5.61. The molecule has 3 N–H and O–H groups in total. The standard InChI is InChI=1S/C18H23N5O/c1-13(2)15-12-21-23-17(20-11-14-6-4-3-5-7-14)10-16(19-8-9-24)22-18(15)23/h3-7,10,12-13,20,24H,8-9,11H2,1-2H3,(H,19,22). The van der Waals surface area contributed by atoms with E-state index in [1.165, 1.54) is 5.56 Å². The van der Waals surface area contributed by atoms with Gasteiger partial charge in [-0.05, 0) is 11.5 Å². The summed E-state index contributed by atoms with van der Waals surface area (Å²) in [6.45, 7) is 5.49. The fraction of sp³-hybridized carbons (Fsp3) is 0.333. The molecular weight excluding hydrogens is 302 g/mol. The zero-order chi connectivity index (χ0) is 16.9. The molecule has 0 aliphatic rings. The Morgan fingerprint density at radius 3 is 2.67 bits per heavy atom. The number of hydrogen-bond donors (Lipinski definition) is 3. The molecule has 0 saturated heterocycles. The maximum Gasteiger partial charge on any atom is 0.163 e. The van der Waals surface area contributed by atoms with Gasteiger partial charge in [-0.25, -0.2) is 4.98 Å². The van der Waals surface area contributed by atoms with Crippen LogP contribution in [0.4, 0.5) is 11.6 Å². The number of rotatable bonds is 7. The summed E-state index contributed by atoms with van der Waals surface area (Å²) < 4.78 is 1.84. The zero-order valence-corrected chi connectivity index (χ0v) is 14.0. The molecule has 3 rings (SSSR count). The summed E-state index contributed by atoms with van der Waals surface area (Å²) in [5.74, 6) is 1.94. The molecule has 0 atom stereocenters. The summed E-state index contributed by atoms with van der Waals surface area (Å²) in [6, 6.07) is 12.1. The Bertz CT molecular complexity index is 798. The van der Waals surface area contributed by atoms with Gasteiger partial charge in [-0.3, -0.25) is 0 Å². The van der Waals surface area contributed by atoms with Crippen molar-refractivity contribution in [3.8, 4) is 0 Å². The van der Waals surface area contributed by atoms with Gasteiger partial charge in [0, 0.05) is 24.7 Å². The Morgan fingerprint density at radius 2 is 1.96 bits per heavy atom. The number of benzene rings is 1. The minimum atomic E-state index is 0.0654. The van der Waals surface area contributed by atoms with Crippen molar-refractivity contribution in [3.05, 3.63) is 53.7 Å². The van der Waals surface area contributed by atoms with Crippen LogP contribution in [0.25, 0.3) is 5.65 Å². The monoisotopic (exact) mass is 325 g/mol. The van der Waals surface area contributed by atoms with Crippen LogP contribution in [0.15, 0.2) is 42.6 Å². The maximum atomic E-state index is 9.04. The fourth-order valence-electron chi connectivity index (χ4n) is 2.58. The molecule has 0 aliphatic heterocycles. The lowest BCUT2D eigenvalue weighted by Crippen LogP contribution is -2.11. The van der Waals surface area contributed by atoms with Crippen molar-refractivity contribution in [2.45, 2.75) is 26.3 Å². The van der Waals surface area contributed by atoms with Crippen molar-refractivity contribution in [3.63, 3.8) is 0 Å². The van der Waals surface area contributed by atoms with Gasteiger partial charge in [0.2, 0.25) is 0 Å². The van der Waals surface area contributed by atoms with Crippen LogP contribution < -0.4 is 10.6 Å². The quantitative estimate of drug-likeness (QED) is 0.623. The number of aromatic nitrogens is 3. The van der Waals surface area contributed by atoms with E-state index in [0.29, 0.717) is 19.0 Å². The first kappa shape index (κ1) is 16.3. The molecule has 6 heteroatoms. The molecule has 3 aromatic rings. The zero-order valence-electron chi connectivity index (χ0n) is 14.0. The average molecular weight is 325 g/mol. The van der Waals surface area contributed by atoms with E-state index < -0.39 is 0 Å². The Hall–Kier alpha value is -2.60. The number of aliphatic hydroxyl groups is 1. The highest BCUT2D eigenvalue weighted by atomic mass is 16.3. The molecular formula is C18H23N5O. The minimum Gasteiger partial charge on any atom is -0.395 e. The minimum absolute atomic E-state index is 0.0654. The number of aliphatic hydroxyl groups excluding tert-OH is 1. The van der Waals surface area contributed by atoms with Gasteiger partial charge in [-0.1, -0.05) is 44.2 Å². The highest BCUT2D eigenvalue weighted by Gasteiger charge is 2.13. The van der Waals surface area contributed by atoms with E-state index in [2.05, 4.69) is 46.7 Å². The number of hydrogen-bond acceptors (Lipinski definition) is 5. The predicted molar refractivity (Wildman–Crippen MR) is 96.4 cm³/mol. The van der Waals surface area contributed by atoms with Crippen molar-refractivity contribution in [2.75, 3.05) is 23.8 Å². The van der Waals surface area contributed by atoms with Gasteiger partial charge in [-0.15, -0.1) is 0 Å². The third-order valence-corrected chi connectivity index (χ3v) is 3.86. The molecule has 6 nitrogen and oxygen atoms in total. The molecule has 0 spiro atoms. The van der Waals surface area contributed by atoms with E-state index >= 15 is 0 Å². The van der Waals surface area contributed by atoms with Crippen LogP contribution >= 0.6 is 0 Å². The van der Waals surface area contributed by atoms with Crippen molar-refractivity contribution >= 4 is 17.3 Å². The molecule has 0 bridgehead atoms. The van der Waals surface area contributed by atoms with Gasteiger partial charge in [0.1, 0.15) is 11.6 Å². The Labute approximate surface area is 141 Å². The molecule has 0 aliphatic carbocycles. The lowest BCUT2D eigenvalue weighted by molar-refractivity contribution is 0.311. The van der Waals surface area contributed by atoms with Crippen molar-refractivity contribution in [1.29, 1.82) is 0 Å². The molecule has 0 saturated carbocycles. The summed E-state index contributed by atoms with van der Waals surface area (Å²) in [4.78, 5) is 4.65. The molecule has 2 heterocycles. The summed E-state index contributed by atoms with van der Waals surface area (Å²) >= 11 is 0. The van der Waals surface area contributed by atoms with E-state index in [4.69, 9.17) is 5.11 Å².